The molecule has 0 aliphatic heterocycles. The highest BCUT2D eigenvalue weighted by atomic mass is 35.5. The molecule has 1 atom stereocenters. The number of nitrogens with one attached hydrogen (secondary N) is 1. The van der Waals surface area contributed by atoms with Crippen LogP contribution in [0.25, 0.3) is 0 Å². The van der Waals surface area contributed by atoms with Crippen molar-refractivity contribution in [1.29, 1.82) is 0 Å². The van der Waals surface area contributed by atoms with E-state index in [1.807, 2.05) is 43.3 Å². The van der Waals surface area contributed by atoms with Crippen LogP contribution >= 0.6 is 22.9 Å². The van der Waals surface area contributed by atoms with Gasteiger partial charge < -0.3 is 0 Å². The third-order valence-corrected chi connectivity index (χ3v) is 4.05. The molecule has 3 nitrogen and oxygen atoms in total. The molecule has 1 heterocycles. The van der Waals surface area contributed by atoms with E-state index >= 15 is 0 Å². The van der Waals surface area contributed by atoms with Gasteiger partial charge in [0.05, 0.1) is 16.5 Å². The van der Waals surface area contributed by atoms with Gasteiger partial charge in [-0.1, -0.05) is 48.9 Å². The molecule has 1 N–H and O–H groups in total. The van der Waals surface area contributed by atoms with Gasteiger partial charge >= 0.3 is 0 Å². The number of amides is 1. The summed E-state index contributed by atoms with van der Waals surface area (Å²) in [6.45, 7) is 1.99. The van der Waals surface area contributed by atoms with E-state index < -0.39 is 0 Å². The number of benzene rings is 1. The Morgan fingerprint density at radius 1 is 1.35 bits per heavy atom. The van der Waals surface area contributed by atoms with E-state index in [0.29, 0.717) is 4.34 Å². The maximum absolute atomic E-state index is 12.1. The summed E-state index contributed by atoms with van der Waals surface area (Å²) in [6.07, 6.45) is 2.34. The molecule has 0 aliphatic rings. The van der Waals surface area contributed by atoms with Crippen LogP contribution in [-0.4, -0.2) is 12.1 Å². The number of nitrogens with zero attached hydrogens (tertiary/aromatic N) is 1. The number of rotatable bonds is 5. The first-order valence-electron chi connectivity index (χ1n) is 6.34. The van der Waals surface area contributed by atoms with Crippen LogP contribution < -0.4 is 5.43 Å². The van der Waals surface area contributed by atoms with Crippen molar-refractivity contribution in [3.05, 3.63) is 57.2 Å². The minimum Gasteiger partial charge on any atom is -0.272 e. The quantitative estimate of drug-likeness (QED) is 0.657. The highest BCUT2D eigenvalue weighted by molar-refractivity contribution is 7.17. The molecule has 1 aromatic carbocycles. The van der Waals surface area contributed by atoms with E-state index in [0.717, 1.165) is 16.9 Å². The molecule has 0 radical (unpaired) electrons. The molecule has 0 bridgehead atoms. The van der Waals surface area contributed by atoms with E-state index in [1.54, 1.807) is 12.3 Å². The lowest BCUT2D eigenvalue weighted by molar-refractivity contribution is -0.122. The second-order valence-electron chi connectivity index (χ2n) is 4.25. The summed E-state index contributed by atoms with van der Waals surface area (Å²) in [5.74, 6) is -0.280. The second-order valence-corrected chi connectivity index (χ2v) is 5.99. The van der Waals surface area contributed by atoms with E-state index in [2.05, 4.69) is 10.5 Å². The van der Waals surface area contributed by atoms with Gasteiger partial charge in [0.2, 0.25) is 5.91 Å². The third kappa shape index (κ3) is 3.92. The summed E-state index contributed by atoms with van der Waals surface area (Å²) in [4.78, 5) is 13.0. The number of hydrogen-bond acceptors (Lipinski definition) is 3. The minimum absolute atomic E-state index is 0.0994. The van der Waals surface area contributed by atoms with Crippen molar-refractivity contribution in [1.82, 2.24) is 5.43 Å². The maximum Gasteiger partial charge on any atom is 0.247 e. The van der Waals surface area contributed by atoms with Crippen molar-refractivity contribution in [2.24, 2.45) is 5.10 Å². The van der Waals surface area contributed by atoms with Crippen molar-refractivity contribution < 1.29 is 4.79 Å². The Labute approximate surface area is 127 Å². The number of hydrazone groups is 1. The van der Waals surface area contributed by atoms with Gasteiger partial charge in [0.1, 0.15) is 0 Å². The summed E-state index contributed by atoms with van der Waals surface area (Å²) >= 11 is 7.24. The van der Waals surface area contributed by atoms with Crippen LogP contribution in [0.4, 0.5) is 0 Å². The first-order chi connectivity index (χ1) is 9.70. The van der Waals surface area contributed by atoms with Gasteiger partial charge in [0, 0.05) is 4.88 Å². The average molecular weight is 307 g/mol. The van der Waals surface area contributed by atoms with E-state index in [-0.39, 0.29) is 11.8 Å². The summed E-state index contributed by atoms with van der Waals surface area (Å²) in [6, 6.07) is 13.4. The third-order valence-electron chi connectivity index (χ3n) is 2.89. The SMILES string of the molecule is CCC(C(=O)N/N=C/c1ccc(Cl)s1)c1ccccc1. The van der Waals surface area contributed by atoms with Crippen LogP contribution in [-0.2, 0) is 4.79 Å². The smallest absolute Gasteiger partial charge is 0.247 e. The highest BCUT2D eigenvalue weighted by Gasteiger charge is 2.17. The zero-order valence-electron chi connectivity index (χ0n) is 11.0. The van der Waals surface area contributed by atoms with Crippen molar-refractivity contribution in [3.63, 3.8) is 0 Å². The van der Waals surface area contributed by atoms with Crippen LogP contribution in [0.15, 0.2) is 47.6 Å². The Bertz CT molecular complexity index is 595. The molecule has 2 aromatic rings. The molecule has 1 unspecified atom stereocenters. The van der Waals surface area contributed by atoms with Crippen LogP contribution in [0.5, 0.6) is 0 Å². The van der Waals surface area contributed by atoms with Crippen molar-refractivity contribution in [2.45, 2.75) is 19.3 Å². The van der Waals surface area contributed by atoms with Gasteiger partial charge in [-0.15, -0.1) is 11.3 Å². The lowest BCUT2D eigenvalue weighted by atomic mass is 9.96. The predicted octanol–water partition coefficient (Wildman–Crippen LogP) is 4.05. The normalized spacial score (nSPS) is 12.5. The molecule has 0 saturated heterocycles. The molecule has 0 spiro atoms. The Kier molecular flexibility index (Phi) is 5.32. The average Bonchev–Trinajstić information content (AvgIpc) is 2.86. The van der Waals surface area contributed by atoms with Gasteiger partial charge in [-0.25, -0.2) is 5.43 Å². The van der Waals surface area contributed by atoms with Gasteiger partial charge in [-0.05, 0) is 24.1 Å². The Balaban J connectivity index is 1.98. The summed E-state index contributed by atoms with van der Waals surface area (Å²) < 4.78 is 0.702. The van der Waals surface area contributed by atoms with E-state index in [9.17, 15) is 4.79 Å². The van der Waals surface area contributed by atoms with Crippen LogP contribution in [0, 0.1) is 0 Å². The summed E-state index contributed by atoms with van der Waals surface area (Å²) in [5, 5.41) is 3.98. The molecule has 0 saturated carbocycles. The molecule has 2 rings (SSSR count). The molecule has 5 heteroatoms. The largest absolute Gasteiger partial charge is 0.272 e. The molecular weight excluding hydrogens is 292 g/mol. The van der Waals surface area contributed by atoms with Gasteiger partial charge in [0.15, 0.2) is 0 Å². The molecule has 20 heavy (non-hydrogen) atoms. The maximum atomic E-state index is 12.1. The Morgan fingerprint density at radius 3 is 2.70 bits per heavy atom. The molecular formula is C15H15ClN2OS. The van der Waals surface area contributed by atoms with Crippen molar-refractivity contribution in [2.75, 3.05) is 0 Å². The number of halogens is 1. The lowest BCUT2D eigenvalue weighted by Crippen LogP contribution is -2.24. The van der Waals surface area contributed by atoms with Crippen LogP contribution in [0.3, 0.4) is 0 Å². The van der Waals surface area contributed by atoms with Crippen LogP contribution in [0.2, 0.25) is 4.34 Å². The van der Waals surface area contributed by atoms with E-state index in [1.165, 1.54) is 11.3 Å². The predicted molar refractivity (Wildman–Crippen MR) is 84.5 cm³/mol. The zero-order valence-corrected chi connectivity index (χ0v) is 12.6. The molecule has 0 fully saturated rings. The fourth-order valence-corrected chi connectivity index (χ4v) is 2.83. The highest BCUT2D eigenvalue weighted by Crippen LogP contribution is 2.20. The number of thiophene rings is 1. The van der Waals surface area contributed by atoms with Gasteiger partial charge in [-0.2, -0.15) is 5.10 Å². The fraction of sp³-hybridized carbons (Fsp3) is 0.200. The number of carbonyl (C=O) groups is 1. The first kappa shape index (κ1) is 14.8. The minimum atomic E-state index is -0.180. The monoisotopic (exact) mass is 306 g/mol. The van der Waals surface area contributed by atoms with Crippen LogP contribution in [0.1, 0.15) is 29.7 Å². The standard InChI is InChI=1S/C15H15ClN2OS/c1-2-13(11-6-4-3-5-7-11)15(19)18-17-10-12-8-9-14(16)20-12/h3-10,13H,2H2,1H3,(H,18,19)/b17-10+. The number of hydrogen-bond donors (Lipinski definition) is 1. The summed E-state index contributed by atoms with van der Waals surface area (Å²) in [5.41, 5.74) is 3.59. The van der Waals surface area contributed by atoms with Gasteiger partial charge in [0.25, 0.3) is 0 Å². The second kappa shape index (κ2) is 7.22. The Hall–Kier alpha value is -1.65. The molecule has 1 aromatic heterocycles. The zero-order chi connectivity index (χ0) is 14.4. The van der Waals surface area contributed by atoms with E-state index in [4.69, 9.17) is 11.6 Å². The number of carbonyl (C=O) groups excluding carboxylic acids is 1. The molecule has 1 amide bonds. The van der Waals surface area contributed by atoms with Crippen molar-refractivity contribution >= 4 is 35.1 Å². The Morgan fingerprint density at radius 2 is 2.10 bits per heavy atom. The topological polar surface area (TPSA) is 41.5 Å². The fourth-order valence-electron chi connectivity index (χ4n) is 1.89. The first-order valence-corrected chi connectivity index (χ1v) is 7.53. The van der Waals surface area contributed by atoms with Crippen molar-refractivity contribution in [3.8, 4) is 0 Å². The molecule has 104 valence electrons. The van der Waals surface area contributed by atoms with Gasteiger partial charge in [-0.3, -0.25) is 4.79 Å². The lowest BCUT2D eigenvalue weighted by Gasteiger charge is -2.12. The molecule has 0 aliphatic carbocycles. The summed E-state index contributed by atoms with van der Waals surface area (Å²) in [7, 11) is 0.